The van der Waals surface area contributed by atoms with E-state index in [-0.39, 0.29) is 17.2 Å². The van der Waals surface area contributed by atoms with Gasteiger partial charge < -0.3 is 5.32 Å². The van der Waals surface area contributed by atoms with Crippen molar-refractivity contribution in [3.63, 3.8) is 0 Å². The number of hydrogen-bond donors (Lipinski definition) is 1. The number of para-hydroxylation sites is 2. The van der Waals surface area contributed by atoms with Gasteiger partial charge in [0.1, 0.15) is 0 Å². The number of aryl methyl sites for hydroxylation is 1. The number of anilines is 1. The van der Waals surface area contributed by atoms with E-state index in [0.717, 1.165) is 16.3 Å². The van der Waals surface area contributed by atoms with Gasteiger partial charge in [-0.3, -0.25) is 14.2 Å². The lowest BCUT2D eigenvalue weighted by molar-refractivity contribution is -0.113. The van der Waals surface area contributed by atoms with E-state index in [4.69, 9.17) is 0 Å². The molecule has 3 aromatic carbocycles. The third-order valence-corrected chi connectivity index (χ3v) is 6.86. The van der Waals surface area contributed by atoms with Crippen LogP contribution >= 0.6 is 23.1 Å². The summed E-state index contributed by atoms with van der Waals surface area (Å²) < 4.78 is 1.56. The maximum absolute atomic E-state index is 13.3. The van der Waals surface area contributed by atoms with Crippen LogP contribution in [0.1, 0.15) is 5.01 Å². The summed E-state index contributed by atoms with van der Waals surface area (Å²) in [6, 6.07) is 24.2. The van der Waals surface area contributed by atoms with Crippen LogP contribution in [0.25, 0.3) is 27.8 Å². The van der Waals surface area contributed by atoms with Crippen molar-refractivity contribution in [2.75, 3.05) is 11.1 Å². The summed E-state index contributed by atoms with van der Waals surface area (Å²) in [7, 11) is 0. The Bertz CT molecular complexity index is 1540. The van der Waals surface area contributed by atoms with Crippen LogP contribution in [0.3, 0.4) is 0 Å². The van der Waals surface area contributed by atoms with Gasteiger partial charge in [-0.1, -0.05) is 54.2 Å². The Kier molecular flexibility index (Phi) is 6.24. The number of thioether (sulfide) groups is 1. The SMILES string of the molecule is Cc1nc(-c2cccc(NC(=O)CSc3nc4ccccc4c(=O)n3-c3ccccc3)c2)cs1. The molecule has 0 bridgehead atoms. The molecule has 2 heterocycles. The van der Waals surface area contributed by atoms with Crippen molar-refractivity contribution in [2.45, 2.75) is 12.1 Å². The van der Waals surface area contributed by atoms with Gasteiger partial charge in [-0.25, -0.2) is 9.97 Å². The molecule has 0 unspecified atom stereocenters. The van der Waals surface area contributed by atoms with E-state index in [1.165, 1.54) is 11.8 Å². The van der Waals surface area contributed by atoms with Gasteiger partial charge in [-0.15, -0.1) is 11.3 Å². The highest BCUT2D eigenvalue weighted by Gasteiger charge is 2.15. The van der Waals surface area contributed by atoms with Crippen molar-refractivity contribution in [1.29, 1.82) is 0 Å². The number of nitrogens with one attached hydrogen (secondary N) is 1. The van der Waals surface area contributed by atoms with Gasteiger partial charge in [0.2, 0.25) is 5.91 Å². The van der Waals surface area contributed by atoms with Gasteiger partial charge in [0.05, 0.1) is 33.0 Å². The Morgan fingerprint density at radius 2 is 1.79 bits per heavy atom. The molecule has 5 aromatic rings. The number of rotatable bonds is 6. The molecule has 0 atom stereocenters. The summed E-state index contributed by atoms with van der Waals surface area (Å²) in [6.45, 7) is 1.97. The topological polar surface area (TPSA) is 76.9 Å². The van der Waals surface area contributed by atoms with Crippen LogP contribution in [0.15, 0.2) is 94.2 Å². The Morgan fingerprint density at radius 1 is 1.00 bits per heavy atom. The van der Waals surface area contributed by atoms with E-state index in [0.29, 0.717) is 27.4 Å². The van der Waals surface area contributed by atoms with Gasteiger partial charge in [-0.2, -0.15) is 0 Å². The fourth-order valence-electron chi connectivity index (χ4n) is 3.59. The summed E-state index contributed by atoms with van der Waals surface area (Å²) in [4.78, 5) is 35.2. The summed E-state index contributed by atoms with van der Waals surface area (Å²) in [5, 5.41) is 6.94. The molecule has 2 aromatic heterocycles. The second-order valence-corrected chi connectivity index (χ2v) is 9.56. The zero-order valence-corrected chi connectivity index (χ0v) is 19.9. The molecule has 0 aliphatic heterocycles. The normalized spacial score (nSPS) is 11.0. The van der Waals surface area contributed by atoms with E-state index in [9.17, 15) is 9.59 Å². The molecule has 1 amide bonds. The predicted octanol–water partition coefficient (Wildman–Crippen LogP) is 5.55. The number of aromatic nitrogens is 3. The smallest absolute Gasteiger partial charge is 0.266 e. The number of fused-ring (bicyclic) bond motifs is 1. The minimum absolute atomic E-state index is 0.109. The summed E-state index contributed by atoms with van der Waals surface area (Å²) in [6.07, 6.45) is 0. The van der Waals surface area contributed by atoms with Gasteiger partial charge in [0, 0.05) is 16.6 Å². The average Bonchev–Trinajstić information content (AvgIpc) is 3.30. The quantitative estimate of drug-likeness (QED) is 0.253. The molecular formula is C26H20N4O2S2. The molecule has 1 N–H and O–H groups in total. The van der Waals surface area contributed by atoms with E-state index >= 15 is 0 Å². The number of hydrogen-bond acceptors (Lipinski definition) is 6. The maximum Gasteiger partial charge on any atom is 0.266 e. The van der Waals surface area contributed by atoms with Crippen molar-refractivity contribution in [2.24, 2.45) is 0 Å². The average molecular weight is 485 g/mol. The van der Waals surface area contributed by atoms with E-state index in [1.807, 2.05) is 85.1 Å². The van der Waals surface area contributed by atoms with Crippen molar-refractivity contribution in [3.8, 4) is 16.9 Å². The number of carbonyl (C=O) groups excluding carboxylic acids is 1. The number of amides is 1. The standard InChI is InChI=1S/C26H20N4O2S2/c1-17-27-23(15-33-17)18-8-7-9-19(14-18)28-24(31)16-34-26-29-22-13-6-5-12-21(22)25(32)30(26)20-10-3-2-4-11-20/h2-15H,16H2,1H3,(H,28,31). The Balaban J connectivity index is 1.39. The molecule has 0 spiro atoms. The largest absolute Gasteiger partial charge is 0.325 e. The number of thiazole rings is 1. The van der Waals surface area contributed by atoms with E-state index in [2.05, 4.69) is 15.3 Å². The van der Waals surface area contributed by atoms with Crippen LogP contribution in [-0.4, -0.2) is 26.2 Å². The van der Waals surface area contributed by atoms with Crippen molar-refractivity contribution in [1.82, 2.24) is 14.5 Å². The molecule has 8 heteroatoms. The lowest BCUT2D eigenvalue weighted by Gasteiger charge is -2.13. The third-order valence-electron chi connectivity index (χ3n) is 5.15. The van der Waals surface area contributed by atoms with Crippen molar-refractivity contribution >= 4 is 45.6 Å². The summed E-state index contributed by atoms with van der Waals surface area (Å²) in [5.74, 6) is -0.0730. The fraction of sp³-hybridized carbons (Fsp3) is 0.0769. The predicted molar refractivity (Wildman–Crippen MR) is 139 cm³/mol. The van der Waals surface area contributed by atoms with Gasteiger partial charge in [0.15, 0.2) is 5.16 Å². The molecule has 0 aliphatic carbocycles. The highest BCUT2D eigenvalue weighted by Crippen LogP contribution is 2.25. The Hall–Kier alpha value is -3.75. The minimum Gasteiger partial charge on any atom is -0.325 e. The molecule has 34 heavy (non-hydrogen) atoms. The van der Waals surface area contributed by atoms with Crippen molar-refractivity contribution in [3.05, 3.63) is 99.6 Å². The molecule has 0 aliphatic rings. The van der Waals surface area contributed by atoms with E-state index in [1.54, 1.807) is 22.0 Å². The first-order valence-electron chi connectivity index (χ1n) is 10.6. The fourth-order valence-corrected chi connectivity index (χ4v) is 5.03. The first-order chi connectivity index (χ1) is 16.6. The first kappa shape index (κ1) is 22.1. The van der Waals surface area contributed by atoms with Gasteiger partial charge in [-0.05, 0) is 43.3 Å². The van der Waals surface area contributed by atoms with Crippen molar-refractivity contribution < 1.29 is 4.79 Å². The molecule has 0 fully saturated rings. The number of carbonyl (C=O) groups is 1. The molecule has 168 valence electrons. The first-order valence-corrected chi connectivity index (χ1v) is 12.5. The van der Waals surface area contributed by atoms with E-state index < -0.39 is 0 Å². The van der Waals surface area contributed by atoms with Gasteiger partial charge in [0.25, 0.3) is 5.56 Å². The number of nitrogens with zero attached hydrogens (tertiary/aromatic N) is 3. The van der Waals surface area contributed by atoms with Crippen LogP contribution in [-0.2, 0) is 4.79 Å². The lowest BCUT2D eigenvalue weighted by Crippen LogP contribution is -2.22. The Morgan fingerprint density at radius 3 is 2.59 bits per heavy atom. The maximum atomic E-state index is 13.3. The summed E-state index contributed by atoms with van der Waals surface area (Å²) >= 11 is 2.82. The van der Waals surface area contributed by atoms with Crippen LogP contribution in [0.2, 0.25) is 0 Å². The van der Waals surface area contributed by atoms with Crippen LogP contribution in [0.4, 0.5) is 5.69 Å². The zero-order chi connectivity index (χ0) is 23.5. The second kappa shape index (κ2) is 9.62. The minimum atomic E-state index is -0.182. The molecule has 5 rings (SSSR count). The molecular weight excluding hydrogens is 464 g/mol. The molecule has 0 saturated heterocycles. The molecule has 6 nitrogen and oxygen atoms in total. The summed E-state index contributed by atoms with van der Waals surface area (Å²) in [5.41, 5.74) is 3.68. The highest BCUT2D eigenvalue weighted by molar-refractivity contribution is 7.99. The monoisotopic (exact) mass is 484 g/mol. The Labute approximate surface area is 204 Å². The molecule has 0 saturated carbocycles. The number of benzene rings is 3. The molecule has 0 radical (unpaired) electrons. The van der Waals surface area contributed by atoms with Crippen LogP contribution in [0.5, 0.6) is 0 Å². The second-order valence-electron chi connectivity index (χ2n) is 7.56. The van der Waals surface area contributed by atoms with Gasteiger partial charge >= 0.3 is 0 Å². The van der Waals surface area contributed by atoms with Crippen LogP contribution in [0, 0.1) is 6.92 Å². The third kappa shape index (κ3) is 4.64. The highest BCUT2D eigenvalue weighted by atomic mass is 32.2. The zero-order valence-electron chi connectivity index (χ0n) is 18.3. The van der Waals surface area contributed by atoms with Crippen LogP contribution < -0.4 is 10.9 Å². The lowest BCUT2D eigenvalue weighted by atomic mass is 10.1.